The van der Waals surface area contributed by atoms with E-state index in [1.54, 1.807) is 18.2 Å². The fourth-order valence-electron chi connectivity index (χ4n) is 1.34. The van der Waals surface area contributed by atoms with Crippen LogP contribution in [0.3, 0.4) is 0 Å². The van der Waals surface area contributed by atoms with Gasteiger partial charge in [-0.25, -0.2) is 0 Å². The van der Waals surface area contributed by atoms with E-state index in [0.717, 1.165) is 0 Å². The molecule has 0 radical (unpaired) electrons. The maximum absolute atomic E-state index is 10.5. The van der Waals surface area contributed by atoms with Crippen LogP contribution in [-0.4, -0.2) is 11.5 Å². The minimum Gasteiger partial charge on any atom is -0.494 e. The zero-order chi connectivity index (χ0) is 10.8. The van der Waals surface area contributed by atoms with Gasteiger partial charge in [-0.05, 0) is 19.1 Å². The van der Waals surface area contributed by atoms with Crippen molar-refractivity contribution in [3.05, 3.63) is 34.4 Å². The van der Waals surface area contributed by atoms with Crippen LogP contribution in [0.1, 0.15) is 6.92 Å². The van der Waals surface area contributed by atoms with E-state index in [9.17, 15) is 10.1 Å². The predicted molar refractivity (Wildman–Crippen MR) is 54.0 cm³/mol. The van der Waals surface area contributed by atoms with Crippen molar-refractivity contribution in [1.29, 1.82) is 0 Å². The Kier molecular flexibility index (Phi) is 2.29. The molecule has 5 heteroatoms. The second-order valence-electron chi connectivity index (χ2n) is 2.97. The van der Waals surface area contributed by atoms with E-state index >= 15 is 0 Å². The van der Waals surface area contributed by atoms with Crippen LogP contribution in [0.5, 0.6) is 5.75 Å². The van der Waals surface area contributed by atoms with E-state index in [4.69, 9.17) is 9.15 Å². The average Bonchev–Trinajstić information content (AvgIpc) is 2.61. The summed E-state index contributed by atoms with van der Waals surface area (Å²) in [5, 5.41) is 11.2. The topological polar surface area (TPSA) is 65.5 Å². The highest BCUT2D eigenvalue weighted by molar-refractivity contribution is 5.80. The zero-order valence-electron chi connectivity index (χ0n) is 8.10. The van der Waals surface area contributed by atoms with Gasteiger partial charge in [0.15, 0.2) is 0 Å². The number of nitrogens with zero attached hydrogens (tertiary/aromatic N) is 1. The van der Waals surface area contributed by atoms with E-state index in [1.807, 2.05) is 6.92 Å². The predicted octanol–water partition coefficient (Wildman–Crippen LogP) is 2.74. The second-order valence-corrected chi connectivity index (χ2v) is 2.97. The molecule has 2 aromatic rings. The molecule has 1 aromatic carbocycles. The van der Waals surface area contributed by atoms with Crippen molar-refractivity contribution in [2.45, 2.75) is 6.92 Å². The van der Waals surface area contributed by atoms with Gasteiger partial charge >= 0.3 is 5.88 Å². The van der Waals surface area contributed by atoms with Gasteiger partial charge in [-0.15, -0.1) is 0 Å². The van der Waals surface area contributed by atoms with Crippen LogP contribution in [-0.2, 0) is 0 Å². The number of ether oxygens (including phenoxy) is 1. The van der Waals surface area contributed by atoms with Gasteiger partial charge < -0.3 is 9.15 Å². The van der Waals surface area contributed by atoms with E-state index in [-0.39, 0.29) is 5.88 Å². The highest BCUT2D eigenvalue weighted by Crippen LogP contribution is 2.27. The van der Waals surface area contributed by atoms with Gasteiger partial charge in [0.25, 0.3) is 0 Å². The summed E-state index contributed by atoms with van der Waals surface area (Å²) in [5.74, 6) is 0.396. The monoisotopic (exact) mass is 207 g/mol. The summed E-state index contributed by atoms with van der Waals surface area (Å²) in [5.41, 5.74) is 0.465. The number of furan rings is 1. The maximum Gasteiger partial charge on any atom is 0.434 e. The molecule has 0 aliphatic rings. The zero-order valence-corrected chi connectivity index (χ0v) is 8.10. The Balaban J connectivity index is 2.47. The summed E-state index contributed by atoms with van der Waals surface area (Å²) < 4.78 is 10.3. The first-order chi connectivity index (χ1) is 7.20. The molecule has 0 atom stereocenters. The van der Waals surface area contributed by atoms with Crippen molar-refractivity contribution < 1.29 is 14.1 Å². The van der Waals surface area contributed by atoms with Crippen molar-refractivity contribution in [2.75, 3.05) is 6.61 Å². The van der Waals surface area contributed by atoms with Crippen molar-refractivity contribution in [3.63, 3.8) is 0 Å². The van der Waals surface area contributed by atoms with Gasteiger partial charge in [-0.2, -0.15) is 0 Å². The van der Waals surface area contributed by atoms with E-state index in [2.05, 4.69) is 0 Å². The summed E-state index contributed by atoms with van der Waals surface area (Å²) in [4.78, 5) is 9.91. The first-order valence-corrected chi connectivity index (χ1v) is 4.51. The third-order valence-corrected chi connectivity index (χ3v) is 1.97. The third kappa shape index (κ3) is 1.76. The number of hydrogen-bond acceptors (Lipinski definition) is 4. The molecule has 0 unspecified atom stereocenters. The van der Waals surface area contributed by atoms with Gasteiger partial charge in [0.05, 0.1) is 12.7 Å². The Morgan fingerprint density at radius 3 is 2.93 bits per heavy atom. The van der Waals surface area contributed by atoms with Crippen molar-refractivity contribution in [2.24, 2.45) is 0 Å². The molecule has 1 heterocycles. The van der Waals surface area contributed by atoms with E-state index in [0.29, 0.717) is 23.3 Å². The molecule has 0 saturated carbocycles. The minimum absolute atomic E-state index is 0.251. The summed E-state index contributed by atoms with van der Waals surface area (Å²) in [6.07, 6.45) is 0. The largest absolute Gasteiger partial charge is 0.494 e. The van der Waals surface area contributed by atoms with Crippen LogP contribution in [0.4, 0.5) is 5.88 Å². The summed E-state index contributed by atoms with van der Waals surface area (Å²) in [6.45, 7) is 2.42. The maximum atomic E-state index is 10.5. The number of benzene rings is 1. The lowest BCUT2D eigenvalue weighted by molar-refractivity contribution is -0.401. The fourth-order valence-corrected chi connectivity index (χ4v) is 1.34. The first kappa shape index (κ1) is 9.51. The SMILES string of the molecule is CCOc1ccc2cc([N+](=O)[O-])oc2c1. The highest BCUT2D eigenvalue weighted by Gasteiger charge is 2.13. The standard InChI is InChI=1S/C10H9NO4/c1-2-14-8-4-3-7-5-10(11(12)13)15-9(7)6-8/h3-6H,2H2,1H3. The Morgan fingerprint density at radius 1 is 1.47 bits per heavy atom. The minimum atomic E-state index is -0.555. The van der Waals surface area contributed by atoms with Crippen molar-refractivity contribution in [3.8, 4) is 5.75 Å². The van der Waals surface area contributed by atoms with Gasteiger partial charge in [0, 0.05) is 11.5 Å². The molecule has 0 N–H and O–H groups in total. The molecule has 0 spiro atoms. The molecule has 15 heavy (non-hydrogen) atoms. The van der Waals surface area contributed by atoms with Gasteiger partial charge in [0.1, 0.15) is 16.3 Å². The molecule has 0 amide bonds. The Bertz CT molecular complexity index is 503. The Morgan fingerprint density at radius 2 is 2.27 bits per heavy atom. The number of rotatable bonds is 3. The molecule has 1 aromatic heterocycles. The molecule has 2 rings (SSSR count). The molecule has 0 aliphatic heterocycles. The molecule has 5 nitrogen and oxygen atoms in total. The lowest BCUT2D eigenvalue weighted by atomic mass is 10.2. The number of nitro groups is 1. The van der Waals surface area contributed by atoms with Gasteiger partial charge in [-0.1, -0.05) is 0 Å². The Hall–Kier alpha value is -2.04. The molecular formula is C10H9NO4. The van der Waals surface area contributed by atoms with Crippen LogP contribution >= 0.6 is 0 Å². The van der Waals surface area contributed by atoms with Crippen molar-refractivity contribution in [1.82, 2.24) is 0 Å². The van der Waals surface area contributed by atoms with Crippen LogP contribution in [0.25, 0.3) is 11.0 Å². The average molecular weight is 207 g/mol. The first-order valence-electron chi connectivity index (χ1n) is 4.51. The highest BCUT2D eigenvalue weighted by atomic mass is 16.6. The van der Waals surface area contributed by atoms with E-state index < -0.39 is 4.92 Å². The lowest BCUT2D eigenvalue weighted by Gasteiger charge is -2.00. The van der Waals surface area contributed by atoms with Crippen molar-refractivity contribution >= 4 is 16.9 Å². The molecule has 0 bridgehead atoms. The molecule has 0 fully saturated rings. The van der Waals surface area contributed by atoms with Gasteiger partial charge in [0.2, 0.25) is 0 Å². The third-order valence-electron chi connectivity index (χ3n) is 1.97. The normalized spacial score (nSPS) is 10.5. The Labute approximate surface area is 85.4 Å². The van der Waals surface area contributed by atoms with Crippen LogP contribution in [0, 0.1) is 10.1 Å². The van der Waals surface area contributed by atoms with Gasteiger partial charge in [-0.3, -0.25) is 10.1 Å². The van der Waals surface area contributed by atoms with Crippen LogP contribution in [0.2, 0.25) is 0 Å². The number of fused-ring (bicyclic) bond motifs is 1. The summed E-state index contributed by atoms with van der Waals surface area (Å²) >= 11 is 0. The molecule has 78 valence electrons. The van der Waals surface area contributed by atoms with Crippen LogP contribution in [0.15, 0.2) is 28.7 Å². The smallest absolute Gasteiger partial charge is 0.434 e. The summed E-state index contributed by atoms with van der Waals surface area (Å²) in [7, 11) is 0. The lowest BCUT2D eigenvalue weighted by Crippen LogP contribution is -1.89. The second kappa shape index (κ2) is 3.61. The van der Waals surface area contributed by atoms with Crippen LogP contribution < -0.4 is 4.74 Å². The molecule has 0 saturated heterocycles. The molecular weight excluding hydrogens is 198 g/mol. The van der Waals surface area contributed by atoms with E-state index in [1.165, 1.54) is 6.07 Å². The molecule has 0 aliphatic carbocycles. The summed E-state index contributed by atoms with van der Waals surface area (Å²) in [6, 6.07) is 6.53. The fraction of sp³-hybridized carbons (Fsp3) is 0.200. The quantitative estimate of drug-likeness (QED) is 0.573. The number of hydrogen-bond donors (Lipinski definition) is 0.